The maximum Gasteiger partial charge on any atom is 0.189 e. The van der Waals surface area contributed by atoms with E-state index < -0.39 is 0 Å². The van der Waals surface area contributed by atoms with Gasteiger partial charge in [-0.05, 0) is 38.0 Å². The van der Waals surface area contributed by atoms with Gasteiger partial charge in [0.25, 0.3) is 0 Å². The van der Waals surface area contributed by atoms with Crippen molar-refractivity contribution in [3.05, 3.63) is 0 Å². The van der Waals surface area contributed by atoms with Gasteiger partial charge in [-0.15, -0.1) is 0 Å². The zero-order valence-electron chi connectivity index (χ0n) is 10.4. The van der Waals surface area contributed by atoms with Gasteiger partial charge in [0.2, 0.25) is 0 Å². The molecule has 0 bridgehead atoms. The van der Waals surface area contributed by atoms with Gasteiger partial charge in [-0.3, -0.25) is 4.99 Å². The van der Waals surface area contributed by atoms with Crippen molar-refractivity contribution in [1.29, 1.82) is 0 Å². The van der Waals surface area contributed by atoms with Gasteiger partial charge >= 0.3 is 0 Å². The smallest absolute Gasteiger partial charge is 0.189 e. The van der Waals surface area contributed by atoms with Crippen molar-refractivity contribution in [2.24, 2.45) is 16.6 Å². The Bertz CT molecular complexity index is 240. The summed E-state index contributed by atoms with van der Waals surface area (Å²) in [5.74, 6) is 1.49. The van der Waals surface area contributed by atoms with Crippen molar-refractivity contribution < 1.29 is 0 Å². The third-order valence-corrected chi connectivity index (χ3v) is 3.86. The van der Waals surface area contributed by atoms with Gasteiger partial charge in [-0.2, -0.15) is 0 Å². The van der Waals surface area contributed by atoms with Crippen LogP contribution in [0.4, 0.5) is 0 Å². The first-order valence-electron chi connectivity index (χ1n) is 6.89. The normalized spacial score (nSPS) is 25.4. The van der Waals surface area contributed by atoms with Crippen LogP contribution in [0.1, 0.15) is 58.3 Å². The van der Waals surface area contributed by atoms with Gasteiger partial charge < -0.3 is 11.1 Å². The highest BCUT2D eigenvalue weighted by Gasteiger charge is 2.24. The Kier molecular flexibility index (Phi) is 4.08. The molecule has 2 fully saturated rings. The predicted molar refractivity (Wildman–Crippen MR) is 68.4 cm³/mol. The molecule has 0 aliphatic heterocycles. The van der Waals surface area contributed by atoms with Crippen LogP contribution in [0.2, 0.25) is 0 Å². The van der Waals surface area contributed by atoms with Crippen molar-refractivity contribution in [2.45, 2.75) is 70.4 Å². The fraction of sp³-hybridized carbons (Fsp3) is 0.923. The molecular formula is C13H25N3. The van der Waals surface area contributed by atoms with Crippen LogP contribution < -0.4 is 11.1 Å². The minimum atomic E-state index is 0.524. The van der Waals surface area contributed by atoms with Gasteiger partial charge in [-0.25, -0.2) is 0 Å². The van der Waals surface area contributed by atoms with Crippen LogP contribution in [0.3, 0.4) is 0 Å². The molecule has 2 aliphatic carbocycles. The second-order valence-corrected chi connectivity index (χ2v) is 5.30. The summed E-state index contributed by atoms with van der Waals surface area (Å²) in [5, 5.41) is 3.44. The van der Waals surface area contributed by atoms with Crippen molar-refractivity contribution in [3.63, 3.8) is 0 Å². The van der Waals surface area contributed by atoms with E-state index in [1.165, 1.54) is 44.9 Å². The lowest BCUT2D eigenvalue weighted by Crippen LogP contribution is -2.44. The quantitative estimate of drug-likeness (QED) is 0.568. The van der Waals surface area contributed by atoms with E-state index in [0.717, 1.165) is 12.3 Å². The third kappa shape index (κ3) is 3.39. The number of rotatable bonds is 4. The maximum atomic E-state index is 5.94. The molecule has 16 heavy (non-hydrogen) atoms. The first-order chi connectivity index (χ1) is 7.79. The molecule has 0 heterocycles. The number of guanidine groups is 1. The van der Waals surface area contributed by atoms with Crippen molar-refractivity contribution in [3.8, 4) is 0 Å². The fourth-order valence-corrected chi connectivity index (χ4v) is 2.72. The Hall–Kier alpha value is -0.730. The molecule has 92 valence electrons. The minimum Gasteiger partial charge on any atom is -0.370 e. The van der Waals surface area contributed by atoms with Crippen molar-refractivity contribution >= 4 is 5.96 Å². The molecule has 0 saturated heterocycles. The average molecular weight is 223 g/mol. The molecule has 3 N–H and O–H groups in total. The van der Waals surface area contributed by atoms with Crippen LogP contribution >= 0.6 is 0 Å². The summed E-state index contributed by atoms with van der Waals surface area (Å²) >= 11 is 0. The lowest BCUT2D eigenvalue weighted by atomic mass is 9.83. The number of nitrogens with two attached hydrogens (primary N) is 1. The Balaban J connectivity index is 1.83. The van der Waals surface area contributed by atoms with E-state index in [-0.39, 0.29) is 0 Å². The van der Waals surface area contributed by atoms with Crippen LogP contribution in [0.5, 0.6) is 0 Å². The maximum absolute atomic E-state index is 5.94. The lowest BCUT2D eigenvalue weighted by molar-refractivity contribution is 0.283. The zero-order valence-corrected chi connectivity index (χ0v) is 10.4. The summed E-state index contributed by atoms with van der Waals surface area (Å²) in [5.41, 5.74) is 5.94. The summed E-state index contributed by atoms with van der Waals surface area (Å²) in [6.45, 7) is 2.25. The number of nitrogens with one attached hydrogen (secondary N) is 1. The first-order valence-corrected chi connectivity index (χ1v) is 6.89. The SMILES string of the molecule is CCC(NC(N)=NC1CC1)C1CCCCC1. The second kappa shape index (κ2) is 5.55. The lowest BCUT2D eigenvalue weighted by Gasteiger charge is -2.30. The molecule has 2 aliphatic rings. The number of hydrogen-bond acceptors (Lipinski definition) is 1. The molecule has 0 aromatic carbocycles. The van der Waals surface area contributed by atoms with E-state index >= 15 is 0 Å². The van der Waals surface area contributed by atoms with Gasteiger partial charge in [0, 0.05) is 6.04 Å². The van der Waals surface area contributed by atoms with Crippen LogP contribution in [0.25, 0.3) is 0 Å². The highest BCUT2D eigenvalue weighted by Crippen LogP contribution is 2.28. The molecule has 3 nitrogen and oxygen atoms in total. The molecule has 0 amide bonds. The summed E-state index contributed by atoms with van der Waals surface area (Å²) in [6, 6.07) is 1.07. The van der Waals surface area contributed by atoms with Crippen LogP contribution in [0.15, 0.2) is 4.99 Å². The van der Waals surface area contributed by atoms with Crippen molar-refractivity contribution in [2.75, 3.05) is 0 Å². The topological polar surface area (TPSA) is 50.4 Å². The van der Waals surface area contributed by atoms with Gasteiger partial charge in [0.15, 0.2) is 5.96 Å². The van der Waals surface area contributed by atoms with Crippen molar-refractivity contribution in [1.82, 2.24) is 5.32 Å². The Labute approximate surface area is 98.9 Å². The Morgan fingerprint density at radius 1 is 1.25 bits per heavy atom. The molecular weight excluding hydrogens is 198 g/mol. The molecule has 2 rings (SSSR count). The number of aliphatic imine (C=N–C) groups is 1. The molecule has 0 aromatic rings. The largest absolute Gasteiger partial charge is 0.370 e. The molecule has 1 unspecified atom stereocenters. The molecule has 2 saturated carbocycles. The standard InChI is InChI=1S/C13H25N3/c1-2-12(10-6-4-3-5-7-10)16-13(14)15-11-8-9-11/h10-12H,2-9H2,1H3,(H3,14,15,16). The molecule has 0 aromatic heterocycles. The second-order valence-electron chi connectivity index (χ2n) is 5.30. The summed E-state index contributed by atoms with van der Waals surface area (Å²) in [6.07, 6.45) is 10.5. The monoisotopic (exact) mass is 223 g/mol. The Morgan fingerprint density at radius 2 is 1.94 bits per heavy atom. The van der Waals surface area contributed by atoms with Gasteiger partial charge in [0.05, 0.1) is 6.04 Å². The number of nitrogens with zero attached hydrogens (tertiary/aromatic N) is 1. The molecule has 0 spiro atoms. The third-order valence-electron chi connectivity index (χ3n) is 3.86. The minimum absolute atomic E-state index is 0.524. The van der Waals surface area contributed by atoms with Crippen LogP contribution in [0, 0.1) is 5.92 Å². The van der Waals surface area contributed by atoms with E-state index in [0.29, 0.717) is 18.0 Å². The highest BCUT2D eigenvalue weighted by molar-refractivity contribution is 5.78. The van der Waals surface area contributed by atoms with Gasteiger partial charge in [-0.1, -0.05) is 26.2 Å². The summed E-state index contributed by atoms with van der Waals surface area (Å²) in [4.78, 5) is 4.45. The molecule has 3 heteroatoms. The van der Waals surface area contributed by atoms with E-state index in [9.17, 15) is 0 Å². The van der Waals surface area contributed by atoms with E-state index in [2.05, 4.69) is 17.2 Å². The fourth-order valence-electron chi connectivity index (χ4n) is 2.72. The van der Waals surface area contributed by atoms with Crippen LogP contribution in [-0.2, 0) is 0 Å². The highest BCUT2D eigenvalue weighted by atomic mass is 15.1. The van der Waals surface area contributed by atoms with Gasteiger partial charge in [0.1, 0.15) is 0 Å². The van der Waals surface area contributed by atoms with E-state index in [1.54, 1.807) is 0 Å². The van der Waals surface area contributed by atoms with E-state index in [4.69, 9.17) is 5.73 Å². The predicted octanol–water partition coefficient (Wildman–Crippen LogP) is 2.41. The summed E-state index contributed by atoms with van der Waals surface area (Å²) in [7, 11) is 0. The number of hydrogen-bond donors (Lipinski definition) is 2. The average Bonchev–Trinajstić information content (AvgIpc) is 3.11. The van der Waals surface area contributed by atoms with Crippen LogP contribution in [-0.4, -0.2) is 18.0 Å². The Morgan fingerprint density at radius 3 is 2.50 bits per heavy atom. The zero-order chi connectivity index (χ0) is 11.4. The first kappa shape index (κ1) is 11.7. The van der Waals surface area contributed by atoms with E-state index in [1.807, 2.05) is 0 Å². The molecule has 0 radical (unpaired) electrons. The molecule has 1 atom stereocenters. The summed E-state index contributed by atoms with van der Waals surface area (Å²) < 4.78 is 0.